The van der Waals surface area contributed by atoms with Gasteiger partial charge in [-0.15, -0.1) is 11.3 Å². The second-order valence-electron chi connectivity index (χ2n) is 6.33. The lowest BCUT2D eigenvalue weighted by Gasteiger charge is -2.37. The fourth-order valence-corrected chi connectivity index (χ4v) is 4.41. The molecule has 2 aromatic rings. The Morgan fingerprint density at radius 3 is 2.87 bits per heavy atom. The van der Waals surface area contributed by atoms with Crippen LogP contribution < -0.4 is 4.90 Å². The molecule has 1 amide bonds. The minimum Gasteiger partial charge on any atom is -0.356 e. The van der Waals surface area contributed by atoms with E-state index in [0.717, 1.165) is 42.0 Å². The van der Waals surface area contributed by atoms with E-state index in [1.54, 1.807) is 17.7 Å². The van der Waals surface area contributed by atoms with Gasteiger partial charge in [0.05, 0.1) is 12.1 Å². The van der Waals surface area contributed by atoms with E-state index < -0.39 is 6.67 Å². The first-order valence-electron chi connectivity index (χ1n) is 8.05. The fraction of sp³-hybridized carbons (Fsp3) is 0.562. The molecule has 0 bridgehead atoms. The van der Waals surface area contributed by atoms with E-state index in [-0.39, 0.29) is 17.9 Å². The lowest BCUT2D eigenvalue weighted by atomic mass is 10.0. The van der Waals surface area contributed by atoms with Gasteiger partial charge < -0.3 is 9.80 Å². The molecular weight excluding hydrogens is 315 g/mol. The van der Waals surface area contributed by atoms with Crippen LogP contribution in [0.4, 0.5) is 10.2 Å². The van der Waals surface area contributed by atoms with Crippen molar-refractivity contribution in [3.63, 3.8) is 0 Å². The predicted molar refractivity (Wildman–Crippen MR) is 88.4 cm³/mol. The second kappa shape index (κ2) is 6.03. The number of hydrogen-bond donors (Lipinski definition) is 0. The number of aromatic nitrogens is 2. The summed E-state index contributed by atoms with van der Waals surface area (Å²) in [6, 6.07) is 2.31. The van der Waals surface area contributed by atoms with Gasteiger partial charge in [-0.3, -0.25) is 9.18 Å². The van der Waals surface area contributed by atoms with Crippen LogP contribution in [-0.4, -0.2) is 53.1 Å². The number of piperidine rings is 1. The predicted octanol–water partition coefficient (Wildman–Crippen LogP) is 2.48. The third-order valence-corrected chi connectivity index (χ3v) is 5.72. The Labute approximate surface area is 138 Å². The van der Waals surface area contributed by atoms with Crippen molar-refractivity contribution in [3.8, 4) is 0 Å². The lowest BCUT2D eigenvalue weighted by Crippen LogP contribution is -2.46. The number of carbonyl (C=O) groups is 1. The van der Waals surface area contributed by atoms with Crippen LogP contribution in [0.3, 0.4) is 0 Å². The minimum atomic E-state index is -0.391. The maximum atomic E-state index is 12.8. The van der Waals surface area contributed by atoms with Gasteiger partial charge in [-0.25, -0.2) is 9.97 Å². The zero-order valence-electron chi connectivity index (χ0n) is 12.8. The first-order chi connectivity index (χ1) is 11.3. The number of likely N-dealkylation sites (tertiary alicyclic amines) is 1. The molecule has 1 unspecified atom stereocenters. The van der Waals surface area contributed by atoms with E-state index in [4.69, 9.17) is 0 Å². The molecule has 5 nitrogen and oxygen atoms in total. The quantitative estimate of drug-likeness (QED) is 0.865. The maximum Gasteiger partial charge on any atom is 0.223 e. The first kappa shape index (κ1) is 14.8. The maximum absolute atomic E-state index is 12.8. The molecule has 1 atom stereocenters. The van der Waals surface area contributed by atoms with E-state index >= 15 is 0 Å². The lowest BCUT2D eigenvalue weighted by molar-refractivity contribution is -0.130. The molecule has 0 spiro atoms. The molecule has 0 N–H and O–H groups in total. The zero-order chi connectivity index (χ0) is 15.8. The van der Waals surface area contributed by atoms with Crippen molar-refractivity contribution in [2.75, 3.05) is 31.2 Å². The number of halogens is 1. The highest BCUT2D eigenvalue weighted by Gasteiger charge is 2.36. The van der Waals surface area contributed by atoms with E-state index in [9.17, 15) is 9.18 Å². The smallest absolute Gasteiger partial charge is 0.223 e. The second-order valence-corrected chi connectivity index (χ2v) is 7.22. The van der Waals surface area contributed by atoms with Crippen molar-refractivity contribution in [2.45, 2.75) is 25.3 Å². The number of nitrogens with zero attached hydrogens (tertiary/aromatic N) is 4. The van der Waals surface area contributed by atoms with Gasteiger partial charge in [0.15, 0.2) is 0 Å². The van der Waals surface area contributed by atoms with Crippen molar-refractivity contribution < 1.29 is 9.18 Å². The van der Waals surface area contributed by atoms with Crippen LogP contribution in [0.2, 0.25) is 0 Å². The molecule has 0 aromatic carbocycles. The molecule has 4 rings (SSSR count). The normalized spacial score (nSPS) is 23.2. The van der Waals surface area contributed by atoms with Crippen LogP contribution in [0.15, 0.2) is 17.8 Å². The molecule has 2 aromatic heterocycles. The average molecular weight is 334 g/mol. The number of anilines is 1. The first-order valence-corrected chi connectivity index (χ1v) is 8.93. The Morgan fingerprint density at radius 1 is 1.30 bits per heavy atom. The zero-order valence-corrected chi connectivity index (χ0v) is 13.6. The van der Waals surface area contributed by atoms with E-state index in [1.807, 2.05) is 10.3 Å². The molecule has 2 fully saturated rings. The van der Waals surface area contributed by atoms with Gasteiger partial charge in [0.2, 0.25) is 5.91 Å². The molecule has 2 aliphatic rings. The van der Waals surface area contributed by atoms with Crippen molar-refractivity contribution in [1.82, 2.24) is 14.9 Å². The number of fused-ring (bicyclic) bond motifs is 1. The van der Waals surface area contributed by atoms with Gasteiger partial charge in [0, 0.05) is 38.0 Å². The molecule has 122 valence electrons. The standard InChI is InChI=1S/C16H19FN4OS/c17-8-11-7-14(22)21(9-11)12-1-4-20(5-2-12)15-13-3-6-23-16(13)19-10-18-15/h3,6,10-12H,1-2,4-5,7-9H2. The van der Waals surface area contributed by atoms with Crippen LogP contribution >= 0.6 is 11.3 Å². The Balaban J connectivity index is 1.45. The summed E-state index contributed by atoms with van der Waals surface area (Å²) in [5, 5.41) is 3.14. The summed E-state index contributed by atoms with van der Waals surface area (Å²) < 4.78 is 12.8. The minimum absolute atomic E-state index is 0.104. The summed E-state index contributed by atoms with van der Waals surface area (Å²) in [6.07, 6.45) is 3.83. The molecule has 0 saturated carbocycles. The van der Waals surface area contributed by atoms with Crippen LogP contribution in [0, 0.1) is 5.92 Å². The Kier molecular flexibility index (Phi) is 3.88. The van der Waals surface area contributed by atoms with Gasteiger partial charge >= 0.3 is 0 Å². The number of amides is 1. The summed E-state index contributed by atoms with van der Waals surface area (Å²) >= 11 is 1.62. The van der Waals surface area contributed by atoms with Crippen molar-refractivity contribution in [2.24, 2.45) is 5.92 Å². The van der Waals surface area contributed by atoms with Crippen LogP contribution in [0.1, 0.15) is 19.3 Å². The van der Waals surface area contributed by atoms with Crippen LogP contribution in [0.25, 0.3) is 10.2 Å². The SMILES string of the molecule is O=C1CC(CF)CN1C1CCN(c2ncnc3sccc23)CC1. The number of thiophene rings is 1. The van der Waals surface area contributed by atoms with E-state index in [0.29, 0.717) is 13.0 Å². The third kappa shape index (κ3) is 2.67. The molecule has 4 heterocycles. The van der Waals surface area contributed by atoms with Crippen molar-refractivity contribution in [3.05, 3.63) is 17.8 Å². The number of rotatable bonds is 3. The van der Waals surface area contributed by atoms with Gasteiger partial charge in [-0.2, -0.15) is 0 Å². The van der Waals surface area contributed by atoms with E-state index in [2.05, 4.69) is 20.9 Å². The van der Waals surface area contributed by atoms with Crippen LogP contribution in [-0.2, 0) is 4.79 Å². The van der Waals surface area contributed by atoms with Crippen molar-refractivity contribution in [1.29, 1.82) is 0 Å². The average Bonchev–Trinajstić information content (AvgIpc) is 3.21. The molecule has 23 heavy (non-hydrogen) atoms. The number of alkyl halides is 1. The summed E-state index contributed by atoms with van der Waals surface area (Å²) in [5.74, 6) is 1.00. The molecule has 0 aliphatic carbocycles. The largest absolute Gasteiger partial charge is 0.356 e. The topological polar surface area (TPSA) is 49.3 Å². The monoisotopic (exact) mass is 334 g/mol. The Morgan fingerprint density at radius 2 is 2.13 bits per heavy atom. The van der Waals surface area contributed by atoms with Crippen molar-refractivity contribution >= 4 is 33.3 Å². The van der Waals surface area contributed by atoms with Gasteiger partial charge in [-0.05, 0) is 24.3 Å². The molecular formula is C16H19FN4OS. The van der Waals surface area contributed by atoms with Gasteiger partial charge in [0.25, 0.3) is 0 Å². The number of carbonyl (C=O) groups excluding carboxylic acids is 1. The number of hydrogen-bond acceptors (Lipinski definition) is 5. The molecule has 7 heteroatoms. The Bertz CT molecular complexity index is 713. The highest BCUT2D eigenvalue weighted by molar-refractivity contribution is 7.16. The molecule has 2 aliphatic heterocycles. The van der Waals surface area contributed by atoms with Gasteiger partial charge in [0.1, 0.15) is 17.0 Å². The van der Waals surface area contributed by atoms with Crippen LogP contribution in [0.5, 0.6) is 0 Å². The Hall–Kier alpha value is -1.76. The summed E-state index contributed by atoms with van der Waals surface area (Å²) in [5.41, 5.74) is 0. The fourth-order valence-electron chi connectivity index (χ4n) is 3.68. The summed E-state index contributed by atoms with van der Waals surface area (Å²) in [4.78, 5) is 26.0. The highest BCUT2D eigenvalue weighted by Crippen LogP contribution is 2.31. The highest BCUT2D eigenvalue weighted by atomic mass is 32.1. The summed E-state index contributed by atoms with van der Waals surface area (Å²) in [6.45, 7) is 1.94. The molecule has 0 radical (unpaired) electrons. The van der Waals surface area contributed by atoms with Gasteiger partial charge in [-0.1, -0.05) is 0 Å². The third-order valence-electron chi connectivity index (χ3n) is 4.90. The summed E-state index contributed by atoms with van der Waals surface area (Å²) in [7, 11) is 0. The molecule has 2 saturated heterocycles. The van der Waals surface area contributed by atoms with E-state index in [1.165, 1.54) is 0 Å².